The molecule has 0 fully saturated rings. The Hall–Kier alpha value is -1.06. The van der Waals surface area contributed by atoms with Crippen LogP contribution in [0.2, 0.25) is 20.1 Å². The average molecular weight is 346 g/mol. The van der Waals surface area contributed by atoms with Crippen molar-refractivity contribution in [1.29, 1.82) is 0 Å². The first kappa shape index (κ1) is 13.9. The van der Waals surface area contributed by atoms with Gasteiger partial charge in [0.15, 0.2) is 11.6 Å². The summed E-state index contributed by atoms with van der Waals surface area (Å²) in [6.45, 7) is 0. The fourth-order valence-electron chi connectivity index (χ4n) is 2.13. The number of halogens is 4. The Bertz CT molecular complexity index is 769. The molecule has 0 aliphatic heterocycles. The number of carbonyl (C=O) groups is 2. The quantitative estimate of drug-likeness (QED) is 0.474. The third-order valence-electron chi connectivity index (χ3n) is 3.13. The maximum atomic E-state index is 11.8. The third kappa shape index (κ3) is 1.87. The Morgan fingerprint density at radius 2 is 0.950 bits per heavy atom. The Morgan fingerprint density at radius 1 is 0.600 bits per heavy atom. The highest BCUT2D eigenvalue weighted by molar-refractivity contribution is 6.55. The highest BCUT2D eigenvalue weighted by Gasteiger charge is 2.23. The average Bonchev–Trinajstić information content (AvgIpc) is 2.45. The highest BCUT2D eigenvalue weighted by Crippen LogP contribution is 2.44. The fourth-order valence-corrected chi connectivity index (χ4v) is 3.12. The lowest BCUT2D eigenvalue weighted by atomic mass is 9.91. The van der Waals surface area contributed by atoms with Gasteiger partial charge in [-0.25, -0.2) is 0 Å². The van der Waals surface area contributed by atoms with Gasteiger partial charge in [0, 0.05) is 21.9 Å². The molecule has 0 heterocycles. The number of allylic oxidation sites excluding steroid dienone is 2. The monoisotopic (exact) mass is 344 g/mol. The van der Waals surface area contributed by atoms with E-state index in [9.17, 15) is 9.59 Å². The summed E-state index contributed by atoms with van der Waals surface area (Å²) >= 11 is 24.3. The zero-order chi connectivity index (χ0) is 14.6. The Morgan fingerprint density at radius 3 is 1.30 bits per heavy atom. The summed E-state index contributed by atoms with van der Waals surface area (Å²) < 4.78 is 0. The Kier molecular flexibility index (Phi) is 3.30. The minimum absolute atomic E-state index is 0.121. The maximum Gasteiger partial charge on any atom is 0.186 e. The predicted octanol–water partition coefficient (Wildman–Crippen LogP) is 5.39. The topological polar surface area (TPSA) is 34.1 Å². The summed E-state index contributed by atoms with van der Waals surface area (Å²) in [6, 6.07) is 3.04. The molecule has 0 aromatic heterocycles. The van der Waals surface area contributed by atoms with Crippen molar-refractivity contribution < 1.29 is 9.59 Å². The number of fused-ring (bicyclic) bond motifs is 2. The number of hydrogen-bond donors (Lipinski definition) is 0. The van der Waals surface area contributed by atoms with Crippen LogP contribution in [0.25, 0.3) is 10.8 Å². The molecule has 0 bridgehead atoms. The molecule has 0 amide bonds. The molecule has 0 radical (unpaired) electrons. The predicted molar refractivity (Wildman–Crippen MR) is 81.8 cm³/mol. The van der Waals surface area contributed by atoms with Gasteiger partial charge in [0.1, 0.15) is 0 Å². The summed E-state index contributed by atoms with van der Waals surface area (Å²) in [4.78, 5) is 23.7. The Balaban J connectivity index is 2.50. The van der Waals surface area contributed by atoms with Gasteiger partial charge in [-0.2, -0.15) is 0 Å². The van der Waals surface area contributed by atoms with Crippen molar-refractivity contribution in [2.75, 3.05) is 0 Å². The normalized spacial score (nSPS) is 14.0. The number of ketones is 2. The highest BCUT2D eigenvalue weighted by atomic mass is 35.5. The van der Waals surface area contributed by atoms with Crippen LogP contribution in [0.1, 0.15) is 20.7 Å². The van der Waals surface area contributed by atoms with E-state index in [1.54, 1.807) is 0 Å². The van der Waals surface area contributed by atoms with Gasteiger partial charge in [0.2, 0.25) is 0 Å². The van der Waals surface area contributed by atoms with Crippen LogP contribution >= 0.6 is 46.4 Å². The summed E-state index contributed by atoms with van der Waals surface area (Å²) in [5.41, 5.74) is 0.558. The van der Waals surface area contributed by atoms with E-state index in [2.05, 4.69) is 0 Å². The molecule has 2 nitrogen and oxygen atoms in total. The number of benzene rings is 2. The van der Waals surface area contributed by atoms with Crippen LogP contribution in [0.3, 0.4) is 0 Å². The van der Waals surface area contributed by atoms with Gasteiger partial charge in [-0.05, 0) is 24.3 Å². The van der Waals surface area contributed by atoms with Gasteiger partial charge >= 0.3 is 0 Å². The van der Waals surface area contributed by atoms with E-state index in [0.29, 0.717) is 10.8 Å². The summed E-state index contributed by atoms with van der Waals surface area (Å²) in [6.07, 6.45) is 2.45. The zero-order valence-electron chi connectivity index (χ0n) is 9.64. The summed E-state index contributed by atoms with van der Waals surface area (Å²) in [7, 11) is 0. The SMILES string of the molecule is O=C1C=CC(=O)c2cc3c(Cl)c(Cl)c(Cl)c(Cl)c3cc21. The zero-order valence-corrected chi connectivity index (χ0v) is 12.7. The van der Waals surface area contributed by atoms with Gasteiger partial charge in [-0.15, -0.1) is 0 Å². The van der Waals surface area contributed by atoms with Crippen molar-refractivity contribution in [3.8, 4) is 0 Å². The standard InChI is InChI=1S/C14H4Cl4O2/c15-11-7-3-5-6(10(20)2-1-9(5)19)4-8(7)12(16)14(18)13(11)17/h1-4H. The summed E-state index contributed by atoms with van der Waals surface area (Å²) in [5, 5.41) is 1.62. The molecule has 0 saturated carbocycles. The molecule has 0 N–H and O–H groups in total. The molecule has 0 atom stereocenters. The van der Waals surface area contributed by atoms with Crippen LogP contribution in [0.4, 0.5) is 0 Å². The molecule has 0 unspecified atom stereocenters. The second-order valence-electron chi connectivity index (χ2n) is 4.26. The molecular formula is C14H4Cl4O2. The minimum Gasteiger partial charge on any atom is -0.289 e. The molecule has 3 rings (SSSR count). The van der Waals surface area contributed by atoms with Crippen molar-refractivity contribution in [3.05, 3.63) is 55.5 Å². The first-order valence-electron chi connectivity index (χ1n) is 5.48. The van der Waals surface area contributed by atoms with Gasteiger partial charge in [0.25, 0.3) is 0 Å². The summed E-state index contributed by atoms with van der Waals surface area (Å²) in [5.74, 6) is -0.528. The van der Waals surface area contributed by atoms with E-state index in [4.69, 9.17) is 46.4 Å². The van der Waals surface area contributed by atoms with E-state index in [1.807, 2.05) is 0 Å². The lowest BCUT2D eigenvalue weighted by Gasteiger charge is -2.14. The van der Waals surface area contributed by atoms with Gasteiger partial charge in [0.05, 0.1) is 20.1 Å². The fraction of sp³-hybridized carbons (Fsp3) is 0. The molecule has 2 aromatic rings. The second-order valence-corrected chi connectivity index (χ2v) is 5.77. The van der Waals surface area contributed by atoms with Crippen molar-refractivity contribution in [2.45, 2.75) is 0 Å². The number of carbonyl (C=O) groups excluding carboxylic acids is 2. The van der Waals surface area contributed by atoms with E-state index in [0.717, 1.165) is 0 Å². The smallest absolute Gasteiger partial charge is 0.186 e. The first-order valence-corrected chi connectivity index (χ1v) is 6.99. The van der Waals surface area contributed by atoms with Crippen molar-refractivity contribution in [2.24, 2.45) is 0 Å². The van der Waals surface area contributed by atoms with Gasteiger partial charge < -0.3 is 0 Å². The van der Waals surface area contributed by atoms with Gasteiger partial charge in [-0.3, -0.25) is 9.59 Å². The number of hydrogen-bond acceptors (Lipinski definition) is 2. The third-order valence-corrected chi connectivity index (χ3v) is 4.96. The van der Waals surface area contributed by atoms with E-state index in [-0.39, 0.29) is 42.8 Å². The van der Waals surface area contributed by atoms with Gasteiger partial charge in [-0.1, -0.05) is 46.4 Å². The van der Waals surface area contributed by atoms with E-state index in [1.165, 1.54) is 24.3 Å². The van der Waals surface area contributed by atoms with Crippen LogP contribution in [-0.4, -0.2) is 11.6 Å². The van der Waals surface area contributed by atoms with E-state index < -0.39 is 0 Å². The number of rotatable bonds is 0. The second kappa shape index (κ2) is 4.74. The molecule has 0 saturated heterocycles. The molecule has 6 heteroatoms. The minimum atomic E-state index is -0.264. The van der Waals surface area contributed by atoms with Crippen molar-refractivity contribution in [1.82, 2.24) is 0 Å². The van der Waals surface area contributed by atoms with Crippen molar-refractivity contribution >= 4 is 68.7 Å². The lowest BCUT2D eigenvalue weighted by molar-refractivity contribution is 0.0994. The molecule has 1 aliphatic rings. The maximum absolute atomic E-state index is 11.8. The molecule has 0 spiro atoms. The molecular weight excluding hydrogens is 342 g/mol. The van der Waals surface area contributed by atoms with Crippen LogP contribution < -0.4 is 0 Å². The lowest BCUT2D eigenvalue weighted by Crippen LogP contribution is -2.11. The van der Waals surface area contributed by atoms with Crippen molar-refractivity contribution in [3.63, 3.8) is 0 Å². The molecule has 20 heavy (non-hydrogen) atoms. The largest absolute Gasteiger partial charge is 0.289 e. The van der Waals surface area contributed by atoms with Crippen LogP contribution in [0, 0.1) is 0 Å². The van der Waals surface area contributed by atoms with Crippen LogP contribution in [0.15, 0.2) is 24.3 Å². The molecule has 1 aliphatic carbocycles. The Labute approximate surface area is 133 Å². The first-order chi connectivity index (χ1) is 9.41. The molecule has 2 aromatic carbocycles. The van der Waals surface area contributed by atoms with Crippen LogP contribution in [0.5, 0.6) is 0 Å². The van der Waals surface area contributed by atoms with Crippen LogP contribution in [-0.2, 0) is 0 Å². The molecule has 100 valence electrons. The van der Waals surface area contributed by atoms with E-state index >= 15 is 0 Å².